The summed E-state index contributed by atoms with van der Waals surface area (Å²) >= 11 is 1.73. The number of rotatable bonds is 9. The summed E-state index contributed by atoms with van der Waals surface area (Å²) in [5.41, 5.74) is 15.8. The predicted octanol–water partition coefficient (Wildman–Crippen LogP) is 21.3. The molecule has 0 fully saturated rings. The molecule has 0 atom stereocenters. The van der Waals surface area contributed by atoms with Crippen LogP contribution in [0.15, 0.2) is 322 Å². The van der Waals surface area contributed by atoms with E-state index in [1.54, 1.807) is 36.0 Å². The molecule has 0 bridgehead atoms. The minimum Gasteiger partial charge on any atom is -0.574 e. The van der Waals surface area contributed by atoms with Crippen LogP contribution in [0.25, 0.3) is 87.6 Å². The van der Waals surface area contributed by atoms with E-state index in [4.69, 9.17) is 12.0 Å². The topological polar surface area (TPSA) is 129 Å². The Bertz CT molecular complexity index is 5510. The van der Waals surface area contributed by atoms with Crippen LogP contribution in [0.1, 0.15) is 31.8 Å². The fraction of sp³-hybridized carbons (Fsp3) is 0.0667. The Kier molecular flexibility index (Phi) is 33.4. The number of aliphatic hydroxyl groups is 1. The molecule has 12 nitrogen and oxygen atoms in total. The number of anilines is 4. The van der Waals surface area contributed by atoms with Crippen molar-refractivity contribution in [1.82, 2.24) is 35.0 Å². The van der Waals surface area contributed by atoms with Crippen LogP contribution in [0.4, 0.5) is 27.1 Å². The average molecular weight is 2340 g/mol. The van der Waals surface area contributed by atoms with Gasteiger partial charge in [0.1, 0.15) is 0 Å². The molecule has 2 aliphatic heterocycles. The molecule has 17 rings (SSSR count). The normalized spacial score (nSPS) is 11.8. The molecule has 19 heteroatoms. The molecular weight excluding hydrogens is 2270 g/mol. The number of pyridine rings is 4. The first kappa shape index (κ1) is 80.4. The summed E-state index contributed by atoms with van der Waals surface area (Å²) in [6.07, 6.45) is 13.6. The van der Waals surface area contributed by atoms with E-state index in [0.717, 1.165) is 72.2 Å². The average Bonchev–Trinajstić information content (AvgIpc) is 0.801. The number of aliphatic hydroxyl groups excluding tert-OH is 1. The van der Waals surface area contributed by atoms with Crippen molar-refractivity contribution in [2.75, 3.05) is 28.8 Å². The standard InChI is InChI=1S/C22H16N.C18H14N.C14H12N2.C13H8NS.C10H9FN2.C8H6N3.C5H8O2.5Ir/c1-16-14-22(23-15-21(16)18-8-3-2-4-9-18)20-13-7-11-17-10-5-6-12-19(17)20;1-14-13-16(18-9-5-6-12-19-18)10-11-17(14)15-7-3-2-4-8-15;1-15-11-16(12-7-3-2-4-8-12)14-10-6-5-9-13(14)15;1-2-7-12-10(5-1)9-13(15-12)11-6-3-4-8-14-11;1-12-6-7-13(8-12)10-4-2-9(11)3-5-10;1-2-5-9-7(3-1)8-4-6-10-11-8;1-4(6)3-5(2)7;;;;;/h2-12,14-15H,1H3;2-9,11-13H,1H3;2-7,9-11H,1H3;1-8H;2-4,6-8H,1H3;1-6H;3,6H,1-2H3;;;;;/q2*-1;-2;-1;-2;-1;;;;;;+3/i2D,3D,4D,8D,9D;;;;;;;;;;;. The van der Waals surface area contributed by atoms with E-state index in [2.05, 4.69) is 176 Å². The monoisotopic (exact) mass is 2350 g/mol. The van der Waals surface area contributed by atoms with E-state index >= 15 is 0 Å². The number of halogens is 1. The molecule has 0 spiro atoms. The Morgan fingerprint density at radius 1 is 0.578 bits per heavy atom. The SMILES string of the molecule is CC(=O)C=C(C)O.CN1C=CN(c2[c-]cc(F)cc2)[CH-]1.CN1[CH-]N(c2[c-]cccc2)c2ccccc21.Cc1cc(-c2ccccn2)[c-]cc1-c1ccccc1.[2H]c1c([2H])c([2H])c(-c2cnc(-c3[c-]ccc4ccccc34)cc2C)c([2H])c1[2H].[Ir+3].[Ir].[Ir].[Ir].[Ir].[c-]1c(-c2ccccn2)sc2ccccc12.c1ccc(-c2ccn[n-]2)nc1. The van der Waals surface area contributed by atoms with Crippen molar-refractivity contribution in [3.05, 3.63) is 383 Å². The van der Waals surface area contributed by atoms with Gasteiger partial charge in [0.15, 0.2) is 5.78 Å². The van der Waals surface area contributed by atoms with Gasteiger partial charge in [0.05, 0.1) is 12.6 Å². The Hall–Kier alpha value is -9.66. The van der Waals surface area contributed by atoms with E-state index in [0.29, 0.717) is 5.56 Å². The molecular formula is C90H73FIr5N10O2S-5. The molecule has 0 saturated heterocycles. The van der Waals surface area contributed by atoms with Crippen LogP contribution in [0.3, 0.4) is 0 Å². The number of hydrogen-bond acceptors (Lipinski definition) is 12. The summed E-state index contributed by atoms with van der Waals surface area (Å²) < 4.78 is 53.7. The molecule has 4 radical (unpaired) electrons. The molecule has 6 aromatic heterocycles. The van der Waals surface area contributed by atoms with Gasteiger partial charge in [-0.15, -0.1) is 112 Å². The summed E-state index contributed by atoms with van der Waals surface area (Å²) in [6.45, 7) is 10.8. The Balaban J connectivity index is 0.000000212. The maximum Gasteiger partial charge on any atom is 3.00 e. The van der Waals surface area contributed by atoms with Crippen molar-refractivity contribution in [3.63, 3.8) is 0 Å². The van der Waals surface area contributed by atoms with Gasteiger partial charge >= 0.3 is 20.1 Å². The first-order valence-electron chi connectivity index (χ1n) is 35.5. The Morgan fingerprint density at radius 3 is 1.83 bits per heavy atom. The summed E-state index contributed by atoms with van der Waals surface area (Å²) in [6, 6.07) is 91.3. The van der Waals surface area contributed by atoms with Crippen LogP contribution in [0.5, 0.6) is 0 Å². The summed E-state index contributed by atoms with van der Waals surface area (Å²) in [4.78, 5) is 36.5. The largest absolute Gasteiger partial charge is 3.00 e. The number of para-hydroxylation sites is 3. The number of ketones is 1. The minimum atomic E-state index is -0.397. The third kappa shape index (κ3) is 25.5. The van der Waals surface area contributed by atoms with Crippen molar-refractivity contribution in [2.24, 2.45) is 0 Å². The van der Waals surface area contributed by atoms with Crippen LogP contribution >= 0.6 is 11.3 Å². The van der Waals surface area contributed by atoms with Crippen LogP contribution in [0.2, 0.25) is 0 Å². The zero-order valence-electron chi connectivity index (χ0n) is 64.6. The summed E-state index contributed by atoms with van der Waals surface area (Å²) in [7, 11) is 3.99. The molecule has 0 unspecified atom stereocenters. The molecule has 0 amide bonds. The van der Waals surface area contributed by atoms with Crippen molar-refractivity contribution < 1.29 is 122 Å². The van der Waals surface area contributed by atoms with E-state index < -0.39 is 6.04 Å². The molecule has 0 saturated carbocycles. The number of benzene rings is 9. The quantitative estimate of drug-likeness (QED) is 0.0839. The third-order valence-electron chi connectivity index (χ3n) is 15.7. The first-order chi connectivity index (χ1) is 52.9. The molecule has 15 aromatic rings. The molecule has 2 aliphatic rings. The van der Waals surface area contributed by atoms with Crippen LogP contribution in [-0.4, -0.2) is 54.9 Å². The Morgan fingerprint density at radius 2 is 1.23 bits per heavy atom. The van der Waals surface area contributed by atoms with Crippen molar-refractivity contribution in [3.8, 4) is 66.7 Å². The van der Waals surface area contributed by atoms with Crippen LogP contribution in [0, 0.1) is 63.3 Å². The van der Waals surface area contributed by atoms with Gasteiger partial charge in [0, 0.05) is 152 Å². The van der Waals surface area contributed by atoms with E-state index in [1.807, 2.05) is 189 Å². The molecule has 558 valence electrons. The minimum absolute atomic E-state index is 0. The van der Waals surface area contributed by atoms with Gasteiger partial charge in [0.2, 0.25) is 0 Å². The van der Waals surface area contributed by atoms with Crippen molar-refractivity contribution >= 4 is 60.7 Å². The van der Waals surface area contributed by atoms with Gasteiger partial charge < -0.3 is 49.9 Å². The van der Waals surface area contributed by atoms with Crippen molar-refractivity contribution in [2.45, 2.75) is 27.7 Å². The number of allylic oxidation sites excluding steroid dienone is 2. The molecule has 0 aliphatic carbocycles. The molecule has 8 heterocycles. The van der Waals surface area contributed by atoms with Gasteiger partial charge in [-0.05, 0) is 116 Å². The fourth-order valence-electron chi connectivity index (χ4n) is 10.8. The number of nitrogens with zero attached hydrogens (tertiary/aromatic N) is 10. The van der Waals surface area contributed by atoms with E-state index in [9.17, 15) is 9.18 Å². The van der Waals surface area contributed by atoms with Gasteiger partial charge in [-0.2, -0.15) is 49.7 Å². The second-order valence-electron chi connectivity index (χ2n) is 23.4. The second-order valence-corrected chi connectivity index (χ2v) is 24.4. The zero-order valence-corrected chi connectivity index (χ0v) is 72.4. The maximum atomic E-state index is 12.6. The van der Waals surface area contributed by atoms with Crippen LogP contribution in [-0.2, 0) is 105 Å². The molecule has 109 heavy (non-hydrogen) atoms. The van der Waals surface area contributed by atoms with Crippen LogP contribution < -0.4 is 19.8 Å². The molecule has 9 aromatic carbocycles. The first-order valence-corrected chi connectivity index (χ1v) is 33.8. The van der Waals surface area contributed by atoms with Gasteiger partial charge in [-0.25, -0.2) is 11.3 Å². The second kappa shape index (κ2) is 45.3. The summed E-state index contributed by atoms with van der Waals surface area (Å²) in [5.74, 6) is -0.326. The number of aromatic nitrogens is 6. The zero-order chi connectivity index (χ0) is 76.8. The smallest absolute Gasteiger partial charge is 0.574 e. The number of fused-ring (bicyclic) bond motifs is 3. The van der Waals surface area contributed by atoms with E-state index in [-0.39, 0.29) is 148 Å². The van der Waals surface area contributed by atoms with Gasteiger partial charge in [-0.1, -0.05) is 181 Å². The van der Waals surface area contributed by atoms with Crippen molar-refractivity contribution in [1.29, 1.82) is 0 Å². The van der Waals surface area contributed by atoms with E-state index in [1.165, 1.54) is 70.2 Å². The van der Waals surface area contributed by atoms with Gasteiger partial charge in [-0.3, -0.25) is 14.2 Å². The maximum absolute atomic E-state index is 12.6. The number of carbonyl (C=O) groups excluding carboxylic acids is 1. The van der Waals surface area contributed by atoms with Gasteiger partial charge in [0.25, 0.3) is 0 Å². The summed E-state index contributed by atoms with van der Waals surface area (Å²) in [5, 5.41) is 19.2. The Labute approximate surface area is 716 Å². The fourth-order valence-corrected chi connectivity index (χ4v) is 11.7. The predicted molar refractivity (Wildman–Crippen MR) is 422 cm³/mol. The molecule has 1 N–H and O–H groups in total. The number of thiophene rings is 1. The number of aryl methyl sites for hydroxylation is 2. The third-order valence-corrected chi connectivity index (χ3v) is 16.7. The number of hydrogen-bond donors (Lipinski definition) is 1. The number of carbonyl (C=O) groups is 1.